The van der Waals surface area contributed by atoms with Crippen LogP contribution in [0.25, 0.3) is 0 Å². The second-order valence-electron chi connectivity index (χ2n) is 6.83. The first-order valence-electron chi connectivity index (χ1n) is 8.70. The molecule has 0 aliphatic carbocycles. The molecule has 2 aromatic carbocycles. The largest absolute Gasteiger partial charge is 0.314 e. The van der Waals surface area contributed by atoms with Gasteiger partial charge in [0.15, 0.2) is 15.0 Å². The summed E-state index contributed by atoms with van der Waals surface area (Å²) in [5, 5.41) is 0.757. The summed E-state index contributed by atoms with van der Waals surface area (Å²) >= 11 is 13.8. The maximum absolute atomic E-state index is 13.1. The summed E-state index contributed by atoms with van der Waals surface area (Å²) in [5.74, 6) is -0.819. The van der Waals surface area contributed by atoms with Crippen LogP contribution in [0.2, 0.25) is 10.0 Å². The fourth-order valence-corrected chi connectivity index (χ4v) is 7.76. The van der Waals surface area contributed by atoms with Gasteiger partial charge in [-0.25, -0.2) is 12.8 Å². The number of hydrogen-bond acceptors (Lipinski definition) is 4. The molecule has 0 saturated carbocycles. The topological polar surface area (TPSA) is 66.8 Å². The Balaban J connectivity index is 1.67. The summed E-state index contributed by atoms with van der Waals surface area (Å²) < 4.78 is 37.3. The zero-order valence-electron chi connectivity index (χ0n) is 14.9. The number of anilines is 1. The number of fused-ring (bicyclic) bond motifs is 1. The van der Waals surface area contributed by atoms with E-state index in [1.807, 2.05) is 0 Å². The monoisotopic (exact) mass is 472 g/mol. The summed E-state index contributed by atoms with van der Waals surface area (Å²) in [6, 6.07) is 10.3. The number of halogens is 3. The molecule has 2 aromatic rings. The second-order valence-corrected chi connectivity index (χ2v) is 11.0. The van der Waals surface area contributed by atoms with Crippen LogP contribution >= 0.6 is 35.0 Å². The molecule has 5 nitrogen and oxygen atoms in total. The van der Waals surface area contributed by atoms with Crippen molar-refractivity contribution < 1.29 is 17.6 Å². The number of nitrogens with zero attached hydrogens (tertiary/aromatic N) is 2. The lowest BCUT2D eigenvalue weighted by Gasteiger charge is -2.25. The number of benzene rings is 2. The van der Waals surface area contributed by atoms with E-state index in [0.29, 0.717) is 21.4 Å². The van der Waals surface area contributed by atoms with Gasteiger partial charge in [0.2, 0.25) is 0 Å². The molecule has 2 saturated heterocycles. The number of rotatable bonds is 3. The highest BCUT2D eigenvalue weighted by molar-refractivity contribution is 8.16. The summed E-state index contributed by atoms with van der Waals surface area (Å²) in [5.41, 5.74) is 1.16. The average molecular weight is 473 g/mol. The number of amidine groups is 1. The molecular weight excluding hydrogens is 458 g/mol. The first kappa shape index (κ1) is 20.7. The Bertz CT molecular complexity index is 1110. The Morgan fingerprint density at radius 3 is 2.62 bits per heavy atom. The van der Waals surface area contributed by atoms with Crippen molar-refractivity contribution in [2.75, 3.05) is 16.4 Å². The fourth-order valence-electron chi connectivity index (χ4n) is 3.45. The van der Waals surface area contributed by atoms with Crippen molar-refractivity contribution in [1.29, 1.82) is 0 Å². The summed E-state index contributed by atoms with van der Waals surface area (Å²) in [4.78, 5) is 18.5. The van der Waals surface area contributed by atoms with Gasteiger partial charge in [-0.15, -0.1) is 0 Å². The van der Waals surface area contributed by atoms with Gasteiger partial charge in [-0.05, 0) is 29.8 Å². The molecule has 0 N–H and O–H groups in total. The van der Waals surface area contributed by atoms with Gasteiger partial charge in [-0.3, -0.25) is 4.79 Å². The molecule has 152 valence electrons. The standard InChI is InChI=1S/C19H15Cl2FN2O3S2/c20-13-2-1-3-14(18(13)21)24-15-9-29(26,27)10-16(15)28-19(24)23-17(25)8-11-4-6-12(22)7-5-11/h1-7,15-16H,8-10H2/t15-,16-/m0/s1. The van der Waals surface area contributed by atoms with E-state index < -0.39 is 15.7 Å². The first-order valence-corrected chi connectivity index (χ1v) is 12.2. The quantitative estimate of drug-likeness (QED) is 0.675. The molecule has 1 amide bonds. The molecule has 2 aliphatic rings. The minimum absolute atomic E-state index is 0.00902. The molecule has 0 bridgehead atoms. The third-order valence-corrected chi connectivity index (χ3v) is 8.76. The van der Waals surface area contributed by atoms with Crippen molar-refractivity contribution in [2.45, 2.75) is 17.7 Å². The maximum Gasteiger partial charge on any atom is 0.252 e. The molecule has 29 heavy (non-hydrogen) atoms. The summed E-state index contributed by atoms with van der Waals surface area (Å²) in [7, 11) is -3.19. The van der Waals surface area contributed by atoms with Crippen molar-refractivity contribution >= 4 is 61.6 Å². The Morgan fingerprint density at radius 2 is 1.90 bits per heavy atom. The van der Waals surface area contributed by atoms with Crippen LogP contribution in [0.1, 0.15) is 5.56 Å². The third-order valence-electron chi connectivity index (χ3n) is 4.75. The van der Waals surface area contributed by atoms with E-state index in [4.69, 9.17) is 23.2 Å². The van der Waals surface area contributed by atoms with Gasteiger partial charge < -0.3 is 4.90 Å². The van der Waals surface area contributed by atoms with E-state index >= 15 is 0 Å². The number of thioether (sulfide) groups is 1. The molecule has 2 atom stereocenters. The van der Waals surface area contributed by atoms with Gasteiger partial charge in [0, 0.05) is 5.25 Å². The Hall–Kier alpha value is -1.61. The number of carbonyl (C=O) groups is 1. The highest BCUT2D eigenvalue weighted by Gasteiger charge is 2.49. The molecule has 0 unspecified atom stereocenters. The predicted molar refractivity (Wildman–Crippen MR) is 115 cm³/mol. The minimum Gasteiger partial charge on any atom is -0.314 e. The van der Waals surface area contributed by atoms with Crippen LogP contribution in [0, 0.1) is 5.82 Å². The lowest BCUT2D eigenvalue weighted by molar-refractivity contribution is -0.117. The van der Waals surface area contributed by atoms with E-state index in [2.05, 4.69) is 4.99 Å². The average Bonchev–Trinajstić information content (AvgIpc) is 3.10. The summed E-state index contributed by atoms with van der Waals surface area (Å²) in [6.07, 6.45) is 0.00902. The first-order chi connectivity index (χ1) is 13.7. The molecule has 10 heteroatoms. The number of amides is 1. The van der Waals surface area contributed by atoms with E-state index in [9.17, 15) is 17.6 Å². The summed E-state index contributed by atoms with van der Waals surface area (Å²) in [6.45, 7) is 0. The van der Waals surface area contributed by atoms with Crippen molar-refractivity contribution in [3.63, 3.8) is 0 Å². The molecule has 4 rings (SSSR count). The molecule has 0 aromatic heterocycles. The smallest absolute Gasteiger partial charge is 0.252 e. The molecular formula is C19H15Cl2FN2O3S2. The molecule has 0 spiro atoms. The lowest BCUT2D eigenvalue weighted by atomic mass is 10.1. The van der Waals surface area contributed by atoms with Crippen LogP contribution in [0.3, 0.4) is 0 Å². The van der Waals surface area contributed by atoms with Crippen LogP contribution in [0.5, 0.6) is 0 Å². The van der Waals surface area contributed by atoms with E-state index in [1.165, 1.54) is 36.0 Å². The number of aliphatic imine (C=N–C) groups is 1. The second kappa shape index (κ2) is 7.91. The number of sulfone groups is 1. The van der Waals surface area contributed by atoms with Crippen LogP contribution in [-0.2, 0) is 21.1 Å². The molecule has 0 radical (unpaired) electrons. The minimum atomic E-state index is -3.19. The zero-order chi connectivity index (χ0) is 20.8. The number of carbonyl (C=O) groups excluding carboxylic acids is 1. The maximum atomic E-state index is 13.1. The number of hydrogen-bond donors (Lipinski definition) is 0. The van der Waals surface area contributed by atoms with Gasteiger partial charge in [0.05, 0.1) is 39.7 Å². The SMILES string of the molecule is O=C(Cc1ccc(F)cc1)N=C1S[C@H]2CS(=O)(=O)C[C@@H]2N1c1cccc(Cl)c1Cl. The molecule has 2 heterocycles. The van der Waals surface area contributed by atoms with Crippen LogP contribution < -0.4 is 4.90 Å². The Labute approximate surface area is 181 Å². The molecule has 2 aliphatic heterocycles. The van der Waals surface area contributed by atoms with Gasteiger partial charge in [-0.2, -0.15) is 4.99 Å². The fraction of sp³-hybridized carbons (Fsp3) is 0.263. The van der Waals surface area contributed by atoms with E-state index in [0.717, 1.165) is 0 Å². The zero-order valence-corrected chi connectivity index (χ0v) is 18.0. The van der Waals surface area contributed by atoms with Crippen molar-refractivity contribution in [3.8, 4) is 0 Å². The van der Waals surface area contributed by atoms with Gasteiger partial charge in [0.1, 0.15) is 5.82 Å². The van der Waals surface area contributed by atoms with E-state index in [-0.39, 0.29) is 40.1 Å². The van der Waals surface area contributed by atoms with E-state index in [1.54, 1.807) is 23.1 Å². The van der Waals surface area contributed by atoms with Crippen LogP contribution in [0.4, 0.5) is 10.1 Å². The Morgan fingerprint density at radius 1 is 1.17 bits per heavy atom. The Kier molecular flexibility index (Phi) is 5.63. The predicted octanol–water partition coefficient (Wildman–Crippen LogP) is 3.98. The van der Waals surface area contributed by atoms with Crippen molar-refractivity contribution in [3.05, 3.63) is 63.9 Å². The highest BCUT2D eigenvalue weighted by Crippen LogP contribution is 2.44. The van der Waals surface area contributed by atoms with Gasteiger partial charge in [0.25, 0.3) is 5.91 Å². The normalized spacial score (nSPS) is 24.1. The van der Waals surface area contributed by atoms with Crippen molar-refractivity contribution in [2.24, 2.45) is 4.99 Å². The van der Waals surface area contributed by atoms with Crippen LogP contribution in [-0.4, -0.2) is 42.3 Å². The van der Waals surface area contributed by atoms with Crippen LogP contribution in [0.15, 0.2) is 47.5 Å². The van der Waals surface area contributed by atoms with Gasteiger partial charge in [-0.1, -0.05) is 53.2 Å². The van der Waals surface area contributed by atoms with Gasteiger partial charge >= 0.3 is 0 Å². The third kappa shape index (κ3) is 4.30. The van der Waals surface area contributed by atoms with Crippen molar-refractivity contribution in [1.82, 2.24) is 0 Å². The molecule has 2 fully saturated rings. The lowest BCUT2D eigenvalue weighted by Crippen LogP contribution is -2.38. The highest BCUT2D eigenvalue weighted by atomic mass is 35.5.